The summed E-state index contributed by atoms with van der Waals surface area (Å²) in [5.41, 5.74) is 1.11. The number of fused-ring (bicyclic) bond motifs is 1. The number of ether oxygens (including phenoxy) is 1. The van der Waals surface area contributed by atoms with Gasteiger partial charge < -0.3 is 10.1 Å². The van der Waals surface area contributed by atoms with E-state index in [1.807, 2.05) is 0 Å². The van der Waals surface area contributed by atoms with Crippen molar-refractivity contribution < 1.29 is 23.1 Å². The number of amides is 1. The molecule has 0 radical (unpaired) electrons. The predicted octanol–water partition coefficient (Wildman–Crippen LogP) is 2.87. The van der Waals surface area contributed by atoms with Crippen LogP contribution in [0.4, 0.5) is 13.8 Å². The highest BCUT2D eigenvalue weighted by Crippen LogP contribution is 2.39. The van der Waals surface area contributed by atoms with Crippen molar-refractivity contribution >= 4 is 28.2 Å². The van der Waals surface area contributed by atoms with E-state index >= 15 is 0 Å². The third-order valence-electron chi connectivity index (χ3n) is 3.58. The number of halogens is 2. The second kappa shape index (κ2) is 6.07. The zero-order valence-electron chi connectivity index (χ0n) is 12.1. The summed E-state index contributed by atoms with van der Waals surface area (Å²) in [6.07, 6.45) is 3.58. The van der Waals surface area contributed by atoms with Gasteiger partial charge in [-0.15, -0.1) is 11.3 Å². The van der Waals surface area contributed by atoms with E-state index in [0.717, 1.165) is 35.9 Å². The van der Waals surface area contributed by atoms with Gasteiger partial charge in [-0.3, -0.25) is 4.79 Å². The van der Waals surface area contributed by atoms with Gasteiger partial charge in [-0.2, -0.15) is 13.9 Å². The van der Waals surface area contributed by atoms with Crippen LogP contribution in [0, 0.1) is 0 Å². The largest absolute Gasteiger partial charge is 0.465 e. The van der Waals surface area contributed by atoms with Crippen molar-refractivity contribution in [3.63, 3.8) is 0 Å². The molecule has 23 heavy (non-hydrogen) atoms. The molecule has 1 amide bonds. The number of nitrogens with one attached hydrogen (secondary N) is 1. The minimum atomic E-state index is -2.81. The molecule has 0 unspecified atom stereocenters. The number of aromatic nitrogens is 2. The molecule has 0 saturated heterocycles. The Morgan fingerprint density at radius 3 is 2.87 bits per heavy atom. The molecule has 0 bridgehead atoms. The number of thiophene rings is 1. The normalized spacial score (nSPS) is 13.2. The summed E-state index contributed by atoms with van der Waals surface area (Å²) >= 11 is 1.31. The highest BCUT2D eigenvalue weighted by molar-refractivity contribution is 7.17. The first-order chi connectivity index (χ1) is 11.0. The Bertz CT molecular complexity index is 769. The molecule has 0 saturated carbocycles. The molecule has 0 atom stereocenters. The molecular formula is C14H13F2N3O3S. The Morgan fingerprint density at radius 2 is 2.22 bits per heavy atom. The minimum Gasteiger partial charge on any atom is -0.465 e. The summed E-state index contributed by atoms with van der Waals surface area (Å²) in [6, 6.07) is 1.20. The van der Waals surface area contributed by atoms with Crippen LogP contribution in [0.15, 0.2) is 12.3 Å². The van der Waals surface area contributed by atoms with Crippen molar-refractivity contribution in [2.24, 2.45) is 0 Å². The molecule has 0 aromatic carbocycles. The smallest absolute Gasteiger partial charge is 0.341 e. The lowest BCUT2D eigenvalue weighted by molar-refractivity contribution is 0.0560. The number of alkyl halides is 2. The number of hydrogen-bond acceptors (Lipinski definition) is 5. The van der Waals surface area contributed by atoms with Crippen LogP contribution >= 0.6 is 11.3 Å². The summed E-state index contributed by atoms with van der Waals surface area (Å²) in [7, 11) is 1.28. The summed E-state index contributed by atoms with van der Waals surface area (Å²) in [6.45, 7) is -2.81. The van der Waals surface area contributed by atoms with Crippen LogP contribution in [0.2, 0.25) is 0 Å². The molecule has 6 nitrogen and oxygen atoms in total. The average molecular weight is 341 g/mol. The second-order valence-corrected chi connectivity index (χ2v) is 6.07. The molecular weight excluding hydrogens is 328 g/mol. The number of anilines is 1. The van der Waals surface area contributed by atoms with Crippen molar-refractivity contribution in [1.29, 1.82) is 0 Å². The average Bonchev–Trinajstić information content (AvgIpc) is 3.21. The maximum absolute atomic E-state index is 12.5. The van der Waals surface area contributed by atoms with Crippen LogP contribution in [0.5, 0.6) is 0 Å². The molecule has 3 rings (SSSR count). The summed E-state index contributed by atoms with van der Waals surface area (Å²) in [4.78, 5) is 25.2. The van der Waals surface area contributed by atoms with Gasteiger partial charge in [-0.1, -0.05) is 0 Å². The van der Waals surface area contributed by atoms with Crippen LogP contribution in [0.1, 0.15) is 44.3 Å². The van der Waals surface area contributed by atoms with E-state index in [1.165, 1.54) is 24.5 Å². The maximum Gasteiger partial charge on any atom is 0.341 e. The maximum atomic E-state index is 12.5. The quantitative estimate of drug-likeness (QED) is 0.868. The van der Waals surface area contributed by atoms with Gasteiger partial charge in [-0.25, -0.2) is 9.48 Å². The van der Waals surface area contributed by atoms with E-state index in [4.69, 9.17) is 4.74 Å². The molecule has 1 aliphatic carbocycles. The van der Waals surface area contributed by atoms with E-state index in [-0.39, 0.29) is 5.69 Å². The molecule has 9 heteroatoms. The second-order valence-electron chi connectivity index (χ2n) is 4.97. The van der Waals surface area contributed by atoms with Gasteiger partial charge in [0.15, 0.2) is 5.69 Å². The predicted molar refractivity (Wildman–Crippen MR) is 79.1 cm³/mol. The van der Waals surface area contributed by atoms with E-state index in [1.54, 1.807) is 0 Å². The first kappa shape index (κ1) is 15.6. The van der Waals surface area contributed by atoms with Gasteiger partial charge >= 0.3 is 12.5 Å². The Kier molecular flexibility index (Phi) is 4.12. The number of rotatable bonds is 4. The molecule has 1 aliphatic rings. The van der Waals surface area contributed by atoms with Gasteiger partial charge in [0, 0.05) is 11.1 Å². The standard InChI is InChI=1S/C14H13F2N3O3S/c1-22-13(21)10-7-3-2-4-9(7)23-12(10)17-11(20)8-5-6-19(18-8)14(15)16/h5-6,14H,2-4H2,1H3,(H,17,20). The lowest BCUT2D eigenvalue weighted by Crippen LogP contribution is -2.15. The molecule has 0 spiro atoms. The van der Waals surface area contributed by atoms with E-state index in [9.17, 15) is 18.4 Å². The molecule has 2 heterocycles. The fourth-order valence-corrected chi connectivity index (χ4v) is 3.82. The number of methoxy groups -OCH3 is 1. The van der Waals surface area contributed by atoms with Gasteiger partial charge in [0.05, 0.1) is 12.7 Å². The number of hydrogen-bond donors (Lipinski definition) is 1. The summed E-state index contributed by atoms with van der Waals surface area (Å²) < 4.78 is 30.2. The van der Waals surface area contributed by atoms with E-state index in [0.29, 0.717) is 15.2 Å². The van der Waals surface area contributed by atoms with Crippen LogP contribution < -0.4 is 5.32 Å². The van der Waals surface area contributed by atoms with Gasteiger partial charge in [0.1, 0.15) is 5.00 Å². The van der Waals surface area contributed by atoms with Crippen molar-refractivity contribution in [2.45, 2.75) is 25.8 Å². The van der Waals surface area contributed by atoms with Gasteiger partial charge in [-0.05, 0) is 30.9 Å². The highest BCUT2D eigenvalue weighted by Gasteiger charge is 2.28. The minimum absolute atomic E-state index is 0.144. The zero-order valence-corrected chi connectivity index (χ0v) is 13.0. The number of carbonyl (C=O) groups excluding carboxylic acids is 2. The number of nitrogens with zero attached hydrogens (tertiary/aromatic N) is 2. The lowest BCUT2D eigenvalue weighted by atomic mass is 10.1. The molecule has 0 fully saturated rings. The Hall–Kier alpha value is -2.29. The monoisotopic (exact) mass is 341 g/mol. The third-order valence-corrected chi connectivity index (χ3v) is 4.79. The number of esters is 1. The number of carbonyl (C=O) groups is 2. The van der Waals surface area contributed by atoms with Gasteiger partial charge in [0.2, 0.25) is 0 Å². The molecule has 0 aliphatic heterocycles. The Labute approximate surface area is 134 Å². The van der Waals surface area contributed by atoms with Crippen LogP contribution in [-0.2, 0) is 17.6 Å². The fraction of sp³-hybridized carbons (Fsp3) is 0.357. The van der Waals surface area contributed by atoms with Crippen molar-refractivity contribution in [1.82, 2.24) is 9.78 Å². The first-order valence-corrected chi connectivity index (χ1v) is 7.70. The van der Waals surface area contributed by atoms with E-state index in [2.05, 4.69) is 10.4 Å². The van der Waals surface area contributed by atoms with Crippen molar-refractivity contribution in [2.75, 3.05) is 12.4 Å². The number of aryl methyl sites for hydroxylation is 1. The lowest BCUT2D eigenvalue weighted by Gasteiger charge is -2.05. The zero-order chi connectivity index (χ0) is 16.6. The Morgan fingerprint density at radius 1 is 1.43 bits per heavy atom. The van der Waals surface area contributed by atoms with Crippen molar-refractivity contribution in [3.8, 4) is 0 Å². The fourth-order valence-electron chi connectivity index (χ4n) is 2.55. The van der Waals surface area contributed by atoms with Gasteiger partial charge in [0.25, 0.3) is 5.91 Å². The summed E-state index contributed by atoms with van der Waals surface area (Å²) in [5, 5.41) is 6.46. The van der Waals surface area contributed by atoms with Crippen LogP contribution in [0.25, 0.3) is 0 Å². The first-order valence-electron chi connectivity index (χ1n) is 6.88. The molecule has 2 aromatic rings. The Balaban J connectivity index is 1.87. The molecule has 2 aromatic heterocycles. The topological polar surface area (TPSA) is 73.2 Å². The molecule has 122 valence electrons. The molecule has 1 N–H and O–H groups in total. The van der Waals surface area contributed by atoms with Crippen LogP contribution in [0.3, 0.4) is 0 Å². The van der Waals surface area contributed by atoms with E-state index < -0.39 is 18.4 Å². The van der Waals surface area contributed by atoms with Crippen molar-refractivity contribution in [3.05, 3.63) is 34.0 Å². The SMILES string of the molecule is COC(=O)c1c(NC(=O)c2ccn(C(F)F)n2)sc2c1CCC2. The summed E-state index contributed by atoms with van der Waals surface area (Å²) in [5.74, 6) is -1.16. The highest BCUT2D eigenvalue weighted by atomic mass is 32.1. The third kappa shape index (κ3) is 2.83. The van der Waals surface area contributed by atoms with Crippen LogP contribution in [-0.4, -0.2) is 28.8 Å².